The van der Waals surface area contributed by atoms with Crippen molar-refractivity contribution >= 4 is 52.9 Å². The third kappa shape index (κ3) is 7.27. The maximum Gasteiger partial charge on any atom is 0.221 e. The highest BCUT2D eigenvalue weighted by molar-refractivity contribution is 14.0. The largest absolute Gasteiger partial charge is 0.354 e. The van der Waals surface area contributed by atoms with E-state index in [1.54, 1.807) is 7.05 Å². The van der Waals surface area contributed by atoms with E-state index in [1.165, 1.54) is 24.6 Å². The lowest BCUT2D eigenvalue weighted by atomic mass is 10.2. The smallest absolute Gasteiger partial charge is 0.221 e. The highest BCUT2D eigenvalue weighted by atomic mass is 127. The molecule has 1 atom stereocenters. The molecule has 1 fully saturated rings. The summed E-state index contributed by atoms with van der Waals surface area (Å²) in [6, 6.07) is 12.6. The van der Waals surface area contributed by atoms with Crippen molar-refractivity contribution in [2.24, 2.45) is 4.99 Å². The Balaban J connectivity index is 0.00000300. The first kappa shape index (κ1) is 23.6. The predicted octanol–water partition coefficient (Wildman–Crippen LogP) is 3.83. The molecule has 1 unspecified atom stereocenters. The molecule has 1 aliphatic rings. The number of guanidine groups is 1. The van der Waals surface area contributed by atoms with Crippen molar-refractivity contribution in [2.45, 2.75) is 32.4 Å². The number of hydrogen-bond acceptors (Lipinski definition) is 4. The van der Waals surface area contributed by atoms with Crippen molar-refractivity contribution in [1.82, 2.24) is 15.5 Å². The molecule has 1 aliphatic heterocycles. The van der Waals surface area contributed by atoms with Gasteiger partial charge in [-0.3, -0.25) is 14.7 Å². The van der Waals surface area contributed by atoms with Crippen LogP contribution in [0.4, 0.5) is 5.69 Å². The van der Waals surface area contributed by atoms with Crippen molar-refractivity contribution in [2.75, 3.05) is 32.0 Å². The molecule has 158 valence electrons. The molecule has 0 radical (unpaired) electrons. The highest BCUT2D eigenvalue weighted by Gasteiger charge is 2.24. The van der Waals surface area contributed by atoms with E-state index in [9.17, 15) is 4.79 Å². The van der Waals surface area contributed by atoms with E-state index < -0.39 is 0 Å². The normalized spacial score (nSPS) is 15.4. The average molecular weight is 527 g/mol. The Morgan fingerprint density at radius 3 is 2.66 bits per heavy atom. The molecule has 0 spiro atoms. The van der Waals surface area contributed by atoms with Crippen LogP contribution in [-0.2, 0) is 11.3 Å². The van der Waals surface area contributed by atoms with E-state index in [0.29, 0.717) is 12.6 Å². The summed E-state index contributed by atoms with van der Waals surface area (Å²) in [5.74, 6) is 0.717. The first-order valence-corrected chi connectivity index (χ1v) is 10.6. The quantitative estimate of drug-likeness (QED) is 0.291. The number of carbonyl (C=O) groups excluding carboxylic acids is 1. The van der Waals surface area contributed by atoms with Gasteiger partial charge in [0.25, 0.3) is 0 Å². The van der Waals surface area contributed by atoms with Gasteiger partial charge >= 0.3 is 0 Å². The maximum atomic E-state index is 11.2. The van der Waals surface area contributed by atoms with Crippen LogP contribution in [0.15, 0.2) is 46.8 Å². The number of thiophene rings is 1. The number of aliphatic imine (C=N–C) groups is 1. The lowest BCUT2D eigenvalue weighted by Gasteiger charge is -2.27. The van der Waals surface area contributed by atoms with Gasteiger partial charge in [0.15, 0.2) is 5.96 Å². The summed E-state index contributed by atoms with van der Waals surface area (Å²) in [4.78, 5) is 19.6. The van der Waals surface area contributed by atoms with Gasteiger partial charge in [-0.1, -0.05) is 18.2 Å². The molecule has 1 amide bonds. The minimum atomic E-state index is -0.0656. The van der Waals surface area contributed by atoms with Gasteiger partial charge in [0.05, 0.1) is 6.04 Å². The molecular formula is C21H30IN5OS. The van der Waals surface area contributed by atoms with Crippen molar-refractivity contribution in [1.29, 1.82) is 0 Å². The first-order chi connectivity index (χ1) is 13.7. The van der Waals surface area contributed by atoms with Crippen LogP contribution in [0.3, 0.4) is 0 Å². The van der Waals surface area contributed by atoms with E-state index in [2.05, 4.69) is 43.4 Å². The van der Waals surface area contributed by atoms with Gasteiger partial charge in [-0.15, -0.1) is 35.3 Å². The van der Waals surface area contributed by atoms with Crippen LogP contribution in [-0.4, -0.2) is 43.4 Å². The molecule has 0 saturated carbocycles. The SMILES string of the molecule is CN=C(NCc1cccc(NC(C)=O)c1)NCC(c1cccs1)N1CCCC1.I. The molecule has 8 heteroatoms. The second-order valence-electron chi connectivity index (χ2n) is 6.96. The first-order valence-electron chi connectivity index (χ1n) is 9.74. The van der Waals surface area contributed by atoms with Crippen LogP contribution in [0.1, 0.15) is 36.2 Å². The molecule has 1 aromatic heterocycles. The number of hydrogen-bond donors (Lipinski definition) is 3. The molecule has 3 rings (SSSR count). The lowest BCUT2D eigenvalue weighted by Crippen LogP contribution is -2.42. The van der Waals surface area contributed by atoms with Crippen LogP contribution in [0.25, 0.3) is 0 Å². The summed E-state index contributed by atoms with van der Waals surface area (Å²) in [5, 5.41) is 11.8. The third-order valence-corrected chi connectivity index (χ3v) is 5.82. The van der Waals surface area contributed by atoms with Gasteiger partial charge in [0, 0.05) is 37.6 Å². The number of nitrogens with zero attached hydrogens (tertiary/aromatic N) is 2. The molecule has 1 saturated heterocycles. The van der Waals surface area contributed by atoms with Crippen LogP contribution >= 0.6 is 35.3 Å². The fourth-order valence-electron chi connectivity index (χ4n) is 3.51. The Morgan fingerprint density at radius 1 is 1.21 bits per heavy atom. The topological polar surface area (TPSA) is 68.8 Å². The van der Waals surface area contributed by atoms with Gasteiger partial charge in [0.2, 0.25) is 5.91 Å². The van der Waals surface area contributed by atoms with Crippen LogP contribution < -0.4 is 16.0 Å². The monoisotopic (exact) mass is 527 g/mol. The highest BCUT2D eigenvalue weighted by Crippen LogP contribution is 2.27. The van der Waals surface area contributed by atoms with Crippen molar-refractivity contribution in [3.05, 3.63) is 52.2 Å². The summed E-state index contributed by atoms with van der Waals surface area (Å²) in [6.07, 6.45) is 2.55. The summed E-state index contributed by atoms with van der Waals surface area (Å²) in [7, 11) is 1.79. The number of nitrogens with one attached hydrogen (secondary N) is 3. The second kappa shape index (κ2) is 12.1. The van der Waals surface area contributed by atoms with Gasteiger partial charge in [-0.2, -0.15) is 0 Å². The van der Waals surface area contributed by atoms with Gasteiger partial charge in [-0.25, -0.2) is 0 Å². The molecule has 2 aromatic rings. The molecule has 29 heavy (non-hydrogen) atoms. The van der Waals surface area contributed by atoms with Crippen LogP contribution in [0.2, 0.25) is 0 Å². The number of amides is 1. The van der Waals surface area contributed by atoms with Gasteiger partial charge in [0.1, 0.15) is 0 Å². The summed E-state index contributed by atoms with van der Waals surface area (Å²) in [5.41, 5.74) is 1.89. The number of halogens is 1. The van der Waals surface area contributed by atoms with E-state index in [0.717, 1.165) is 36.8 Å². The predicted molar refractivity (Wildman–Crippen MR) is 132 cm³/mol. The number of carbonyl (C=O) groups is 1. The average Bonchev–Trinajstić information content (AvgIpc) is 3.39. The van der Waals surface area contributed by atoms with Gasteiger partial charge in [-0.05, 0) is 55.1 Å². The number of rotatable bonds is 7. The Labute approximate surface area is 194 Å². The molecule has 0 bridgehead atoms. The van der Waals surface area contributed by atoms with E-state index in [1.807, 2.05) is 35.6 Å². The Bertz CT molecular complexity index is 790. The molecule has 1 aromatic carbocycles. The Morgan fingerprint density at radius 2 is 2.00 bits per heavy atom. The molecule has 0 aliphatic carbocycles. The zero-order valence-corrected chi connectivity index (χ0v) is 20.1. The summed E-state index contributed by atoms with van der Waals surface area (Å²) in [6.45, 7) is 5.30. The lowest BCUT2D eigenvalue weighted by molar-refractivity contribution is -0.114. The van der Waals surface area contributed by atoms with Crippen molar-refractivity contribution in [3.8, 4) is 0 Å². The zero-order valence-electron chi connectivity index (χ0n) is 17.0. The number of likely N-dealkylation sites (tertiary alicyclic amines) is 1. The van der Waals surface area contributed by atoms with Crippen molar-refractivity contribution in [3.63, 3.8) is 0 Å². The van der Waals surface area contributed by atoms with E-state index in [-0.39, 0.29) is 29.9 Å². The minimum Gasteiger partial charge on any atom is -0.354 e. The van der Waals surface area contributed by atoms with Crippen LogP contribution in [0, 0.1) is 0 Å². The standard InChI is InChI=1S/C21H29N5OS.HI/c1-16(27)25-18-8-5-7-17(13-18)14-23-21(22-2)24-15-19(20-9-6-12-28-20)26-10-3-4-11-26;/h5-9,12-13,19H,3-4,10-11,14-15H2,1-2H3,(H,25,27)(H2,22,23,24);1H. The minimum absolute atomic E-state index is 0. The number of anilines is 1. The third-order valence-electron chi connectivity index (χ3n) is 4.85. The fraction of sp³-hybridized carbons (Fsp3) is 0.429. The Hall–Kier alpha value is -1.65. The zero-order chi connectivity index (χ0) is 19.8. The number of benzene rings is 1. The second-order valence-corrected chi connectivity index (χ2v) is 7.94. The molecular weight excluding hydrogens is 497 g/mol. The maximum absolute atomic E-state index is 11.2. The van der Waals surface area contributed by atoms with E-state index >= 15 is 0 Å². The molecule has 2 heterocycles. The van der Waals surface area contributed by atoms with E-state index in [4.69, 9.17) is 0 Å². The summed E-state index contributed by atoms with van der Waals surface area (Å²) >= 11 is 1.82. The fourth-order valence-corrected chi connectivity index (χ4v) is 4.37. The van der Waals surface area contributed by atoms with Gasteiger partial charge < -0.3 is 16.0 Å². The molecule has 6 nitrogen and oxygen atoms in total. The molecule has 3 N–H and O–H groups in total. The Kier molecular flexibility index (Phi) is 9.89. The summed E-state index contributed by atoms with van der Waals surface area (Å²) < 4.78 is 0. The van der Waals surface area contributed by atoms with Crippen molar-refractivity contribution < 1.29 is 4.79 Å². The van der Waals surface area contributed by atoms with Crippen LogP contribution in [0.5, 0.6) is 0 Å².